The van der Waals surface area contributed by atoms with Gasteiger partial charge in [-0.3, -0.25) is 38.9 Å². The van der Waals surface area contributed by atoms with E-state index in [0.29, 0.717) is 99.4 Å². The molecule has 10 bridgehead atoms. The van der Waals surface area contributed by atoms with Crippen molar-refractivity contribution in [3.8, 4) is 43.4 Å². The number of benzene rings is 1. The predicted octanol–water partition coefficient (Wildman–Crippen LogP) is 9.54. The number of aliphatic carboxylic acids is 2. The molecular weight excluding hydrogens is 1290 g/mol. The van der Waals surface area contributed by atoms with Crippen molar-refractivity contribution in [3.05, 3.63) is 111 Å². The second-order valence-corrected chi connectivity index (χ2v) is 27.7. The van der Waals surface area contributed by atoms with E-state index in [1.807, 2.05) is 13.8 Å². The highest BCUT2D eigenvalue weighted by Gasteiger charge is 2.35. The molecule has 1 aliphatic heterocycles. The van der Waals surface area contributed by atoms with Gasteiger partial charge in [0.15, 0.2) is 5.78 Å². The highest BCUT2D eigenvalue weighted by Crippen LogP contribution is 2.41. The molecule has 0 saturated heterocycles. The summed E-state index contributed by atoms with van der Waals surface area (Å²) in [5.74, 6) is -5.52. The lowest BCUT2D eigenvalue weighted by molar-refractivity contribution is -0.143. The number of aryl methyl sites for hydroxylation is 1. The molecule has 1 saturated carbocycles. The van der Waals surface area contributed by atoms with Crippen molar-refractivity contribution < 1.29 is 58.4 Å². The number of carbonyl (C=O) groups excluding carboxylic acids is 6. The first-order valence-corrected chi connectivity index (χ1v) is 34.1. The number of ether oxygens (including phenoxy) is 1. The molecule has 6 amide bonds. The van der Waals surface area contributed by atoms with Crippen LogP contribution < -0.4 is 26.6 Å². The fourth-order valence-corrected chi connectivity index (χ4v) is 16.1. The van der Waals surface area contributed by atoms with Gasteiger partial charge >= 0.3 is 18.0 Å². The van der Waals surface area contributed by atoms with E-state index in [0.717, 1.165) is 11.3 Å². The molecule has 31 heteroatoms. The smallest absolute Gasteiger partial charge is 0.323 e. The normalized spacial score (nSPS) is 18.6. The van der Waals surface area contributed by atoms with Crippen molar-refractivity contribution in [2.24, 2.45) is 11.8 Å². The molecule has 0 radical (unpaired) electrons. The van der Waals surface area contributed by atoms with Crippen LogP contribution in [0.3, 0.4) is 0 Å². The molecule has 10 rings (SSSR count). The lowest BCUT2D eigenvalue weighted by Crippen LogP contribution is -2.45. The Labute approximate surface area is 545 Å². The minimum absolute atomic E-state index is 0.00938. The van der Waals surface area contributed by atoms with Crippen LogP contribution in [0.4, 0.5) is 10.6 Å². The number of carboxylic acid groups (broad SMARTS) is 2. The highest BCUT2D eigenvalue weighted by atomic mass is 32.1. The first-order chi connectivity index (χ1) is 43.7. The van der Waals surface area contributed by atoms with Crippen LogP contribution in [-0.4, -0.2) is 136 Å². The summed E-state index contributed by atoms with van der Waals surface area (Å²) in [6.07, 6.45) is 0.0805. The first-order valence-electron chi connectivity index (χ1n) is 28.9. The van der Waals surface area contributed by atoms with Crippen molar-refractivity contribution in [1.82, 2.24) is 61.1 Å². The van der Waals surface area contributed by atoms with Crippen molar-refractivity contribution in [3.63, 3.8) is 0 Å². The van der Waals surface area contributed by atoms with E-state index in [-0.39, 0.29) is 79.5 Å². The molecule has 8 aromatic rings. The second kappa shape index (κ2) is 29.4. The van der Waals surface area contributed by atoms with E-state index in [4.69, 9.17) is 39.6 Å². The van der Waals surface area contributed by atoms with E-state index in [1.54, 1.807) is 75.8 Å². The van der Waals surface area contributed by atoms with E-state index in [9.17, 15) is 53.7 Å². The fraction of sp³-hybridized carbons (Fsp3) is 0.383. The average Bonchev–Trinajstić information content (AvgIpc) is 1.75. The van der Waals surface area contributed by atoms with Gasteiger partial charge in [-0.2, -0.15) is 0 Å². The lowest BCUT2D eigenvalue weighted by Gasteiger charge is -2.35. The number of methoxy groups -OCH3 is 1. The molecule has 25 nitrogen and oxygen atoms in total. The van der Waals surface area contributed by atoms with Crippen LogP contribution in [0.5, 0.6) is 0 Å². The van der Waals surface area contributed by atoms with Crippen LogP contribution in [0.25, 0.3) is 43.4 Å². The molecule has 1 aliphatic carbocycles. The molecule has 8 heterocycles. The van der Waals surface area contributed by atoms with Crippen LogP contribution >= 0.6 is 68.0 Å². The molecule has 2 aliphatic rings. The zero-order valence-corrected chi connectivity index (χ0v) is 54.6. The van der Waals surface area contributed by atoms with E-state index in [2.05, 4.69) is 26.6 Å². The largest absolute Gasteiger partial charge is 0.481 e. The van der Waals surface area contributed by atoms with Crippen LogP contribution in [0.15, 0.2) is 64.0 Å². The molecular formula is C60H63N13O12S6. The van der Waals surface area contributed by atoms with Gasteiger partial charge in [-0.15, -0.1) is 68.0 Å². The summed E-state index contributed by atoms with van der Waals surface area (Å²) in [5, 5.41) is 54.0. The number of amides is 6. The number of ketones is 1. The Morgan fingerprint density at radius 1 is 0.736 bits per heavy atom. The Morgan fingerprint density at radius 2 is 1.44 bits per heavy atom. The van der Waals surface area contributed by atoms with E-state index in [1.165, 1.54) is 70.8 Å². The number of anilines is 1. The zero-order chi connectivity index (χ0) is 64.6. The summed E-state index contributed by atoms with van der Waals surface area (Å²) in [7, 11) is 2.95. The Bertz CT molecular complexity index is 4000. The summed E-state index contributed by atoms with van der Waals surface area (Å²) in [6, 6.07) is 9.30. The number of nitrogens with zero attached hydrogens (tertiary/aromatic N) is 8. The minimum atomic E-state index is -1.30. The van der Waals surface area contributed by atoms with Crippen LogP contribution in [-0.2, 0) is 30.5 Å². The summed E-state index contributed by atoms with van der Waals surface area (Å²) in [4.78, 5) is 144. The SMILES string of the molecule is CNC(=O)C[C@@H]1NC(=O)c2csc(n2)-c2ccc(-c3nc(NC(=O)N(CCCC(=O)O)C4CCC(C(=O)O)CC4)cs3)nc2-c2csc(n2)-c2csc(n2)[C@H]([C@@H](O)c2ccccc2)NC(=O)CNC(=O)c2nc(sc2COC)[C@H](C(C)C)CC(=O)c2nc1sc2C. The Morgan fingerprint density at radius 3 is 2.16 bits per heavy atom. The zero-order valence-electron chi connectivity index (χ0n) is 49.7. The van der Waals surface area contributed by atoms with Crippen LogP contribution in [0, 0.1) is 18.8 Å². The molecule has 91 heavy (non-hydrogen) atoms. The van der Waals surface area contributed by atoms with Crippen molar-refractivity contribution in [2.45, 2.75) is 109 Å². The third-order valence-corrected chi connectivity index (χ3v) is 21.2. The predicted molar refractivity (Wildman–Crippen MR) is 344 cm³/mol. The average molecular weight is 1350 g/mol. The van der Waals surface area contributed by atoms with E-state index >= 15 is 0 Å². The number of carboxylic acids is 2. The maximum Gasteiger partial charge on any atom is 0.323 e. The number of pyridine rings is 1. The fourth-order valence-electron chi connectivity index (χ4n) is 10.6. The molecule has 1 fully saturated rings. The lowest BCUT2D eigenvalue weighted by atomic mass is 9.85. The molecule has 8 N–H and O–H groups in total. The van der Waals surface area contributed by atoms with E-state index < -0.39 is 78.2 Å². The quantitative estimate of drug-likeness (QED) is 0.0473. The van der Waals surface area contributed by atoms with Gasteiger partial charge in [0.1, 0.15) is 77.2 Å². The number of aliphatic hydroxyl groups is 1. The number of thiazole rings is 6. The number of hydrogen-bond donors (Lipinski definition) is 8. The Kier molecular flexibility index (Phi) is 21.3. The topological polar surface area (TPSA) is 360 Å². The third-order valence-electron chi connectivity index (χ3n) is 15.4. The number of Topliss-reactive ketones (excluding diaryl/α,β-unsaturated/α-hetero) is 1. The third kappa shape index (κ3) is 15.6. The molecule has 476 valence electrons. The number of rotatable bonds is 15. The van der Waals surface area contributed by atoms with Crippen LogP contribution in [0.2, 0.25) is 0 Å². The van der Waals surface area contributed by atoms with Gasteiger partial charge in [-0.1, -0.05) is 44.2 Å². The van der Waals surface area contributed by atoms with Gasteiger partial charge < -0.3 is 46.2 Å². The number of fused-ring (bicyclic) bond motifs is 14. The van der Waals surface area contributed by atoms with Crippen LogP contribution in [0.1, 0.15) is 151 Å². The molecule has 0 unspecified atom stereocenters. The van der Waals surface area contributed by atoms with Gasteiger partial charge in [0.2, 0.25) is 11.8 Å². The number of nitrogens with one attached hydrogen (secondary N) is 5. The Balaban J connectivity index is 1.02. The summed E-state index contributed by atoms with van der Waals surface area (Å²) in [5.41, 5.74) is 2.63. The minimum Gasteiger partial charge on any atom is -0.481 e. The van der Waals surface area contributed by atoms with Gasteiger partial charge in [-0.05, 0) is 62.6 Å². The highest BCUT2D eigenvalue weighted by molar-refractivity contribution is 7.15. The molecule has 1 aromatic carbocycles. The summed E-state index contributed by atoms with van der Waals surface area (Å²) >= 11 is 7.16. The molecule has 4 atom stereocenters. The number of urea groups is 1. The monoisotopic (exact) mass is 1350 g/mol. The molecule has 0 spiro atoms. The maximum absolute atomic E-state index is 14.4. The van der Waals surface area contributed by atoms with Gasteiger partial charge in [0.25, 0.3) is 11.8 Å². The van der Waals surface area contributed by atoms with Gasteiger partial charge in [0, 0.05) is 77.5 Å². The van der Waals surface area contributed by atoms with Gasteiger partial charge in [-0.25, -0.2) is 39.7 Å². The molecule has 7 aromatic heterocycles. The number of aliphatic hydroxyl groups excluding tert-OH is 1. The number of carbonyl (C=O) groups is 8. The Hall–Kier alpha value is -8.17. The van der Waals surface area contributed by atoms with Gasteiger partial charge in [0.05, 0.1) is 47.1 Å². The second-order valence-electron chi connectivity index (χ2n) is 21.9. The first kappa shape index (κ1) is 65.8. The van der Waals surface area contributed by atoms with Crippen molar-refractivity contribution in [2.75, 3.05) is 32.6 Å². The number of aromatic nitrogens is 7. The van der Waals surface area contributed by atoms with Crippen molar-refractivity contribution >= 4 is 121 Å². The summed E-state index contributed by atoms with van der Waals surface area (Å²) in [6.45, 7) is 5.24. The number of hydrogen-bond acceptors (Lipinski definition) is 23. The maximum atomic E-state index is 14.4. The van der Waals surface area contributed by atoms with Crippen molar-refractivity contribution in [1.29, 1.82) is 0 Å². The summed E-state index contributed by atoms with van der Waals surface area (Å²) < 4.78 is 5.47. The standard InChI is InChI=1S/C60H63N13O12S6/c1-28(2)34-20-40(74)46-29(3)90-57(71-46)36(21-43(75)61-4)64-51(80)38-25-86-53(66-38)33-17-18-35(55-68-42(27-89-55)69-60(84)73(19-9-12-45(77)78)32-15-13-31(14-16-32)59(82)83)63-47(33)37-24-87-56(65-37)39-26-88-58(67-39)49(50(79)30-10-7-6-8-11-30)70-44(76)22-62-52(81)48-41(23-85-5)91-54(34)72-48/h6-8,10-11,17-18,24-28,31-32,34,36,49-50,79H,9,12-16,19-23H2,1-5H3,(H,61,75)(H,62,81)(H,64,80)(H,69,84)(H,70,76)(H,77,78)(H,82,83)/t31?,32?,34-,36-,49-,50-/m0/s1.